The van der Waals surface area contributed by atoms with Crippen LogP contribution in [0.15, 0.2) is 22.7 Å². The second kappa shape index (κ2) is 4.87. The van der Waals surface area contributed by atoms with E-state index in [0.29, 0.717) is 18.1 Å². The Balaban J connectivity index is 2.29. The molecule has 94 valence electrons. The molecule has 0 aliphatic rings. The van der Waals surface area contributed by atoms with E-state index in [4.69, 9.17) is 10.3 Å². The van der Waals surface area contributed by atoms with Crippen LogP contribution in [0.2, 0.25) is 0 Å². The Bertz CT molecular complexity index is 577. The highest BCUT2D eigenvalue weighted by Crippen LogP contribution is 2.21. The zero-order chi connectivity index (χ0) is 13.1. The maximum Gasteiger partial charge on any atom is 0.292 e. The van der Waals surface area contributed by atoms with E-state index in [1.54, 1.807) is 12.1 Å². The van der Waals surface area contributed by atoms with Crippen molar-refractivity contribution in [1.82, 2.24) is 15.5 Å². The number of carbonyl (C=O) groups excluding carboxylic acids is 1. The lowest BCUT2D eigenvalue weighted by atomic mass is 10.1. The number of carbonyl (C=O) groups is 1. The number of benzene rings is 1. The summed E-state index contributed by atoms with van der Waals surface area (Å²) in [5, 5.41) is 6.24. The Morgan fingerprint density at radius 3 is 2.94 bits per heavy atom. The second-order valence-electron chi connectivity index (χ2n) is 3.85. The monoisotopic (exact) mass is 246 g/mol. The molecular formula is C12H14N4O2. The van der Waals surface area contributed by atoms with E-state index in [0.717, 1.165) is 11.1 Å². The molecule has 1 aromatic carbocycles. The third-order valence-corrected chi connectivity index (χ3v) is 2.48. The summed E-state index contributed by atoms with van der Waals surface area (Å²) in [7, 11) is 0. The van der Waals surface area contributed by atoms with Crippen LogP contribution in [-0.4, -0.2) is 22.6 Å². The molecule has 0 aliphatic heterocycles. The van der Waals surface area contributed by atoms with E-state index in [-0.39, 0.29) is 11.7 Å². The van der Waals surface area contributed by atoms with Crippen molar-refractivity contribution in [3.05, 3.63) is 29.6 Å². The van der Waals surface area contributed by atoms with Gasteiger partial charge in [0.05, 0.1) is 0 Å². The molecule has 6 heteroatoms. The van der Waals surface area contributed by atoms with Crippen molar-refractivity contribution in [2.24, 2.45) is 0 Å². The highest BCUT2D eigenvalue weighted by molar-refractivity contribution is 5.90. The molecule has 0 aliphatic carbocycles. The summed E-state index contributed by atoms with van der Waals surface area (Å²) >= 11 is 0. The van der Waals surface area contributed by atoms with Crippen molar-refractivity contribution in [2.45, 2.75) is 13.8 Å². The van der Waals surface area contributed by atoms with Gasteiger partial charge in [-0.15, -0.1) is 0 Å². The Hall–Kier alpha value is -2.37. The summed E-state index contributed by atoms with van der Waals surface area (Å²) in [5.41, 5.74) is 8.09. The predicted octanol–water partition coefficient (Wildman–Crippen LogP) is 1.38. The van der Waals surface area contributed by atoms with Crippen LogP contribution < -0.4 is 11.1 Å². The summed E-state index contributed by atoms with van der Waals surface area (Å²) in [6, 6.07) is 5.38. The Kier molecular flexibility index (Phi) is 3.27. The number of amides is 1. The number of hydrogen-bond donors (Lipinski definition) is 2. The minimum atomic E-state index is -0.348. The van der Waals surface area contributed by atoms with Crippen LogP contribution >= 0.6 is 0 Å². The minimum Gasteiger partial charge on any atom is -0.399 e. The molecule has 0 saturated carbocycles. The number of nitrogens with one attached hydrogen (secondary N) is 1. The van der Waals surface area contributed by atoms with Crippen LogP contribution in [0, 0.1) is 6.92 Å². The lowest BCUT2D eigenvalue weighted by Gasteiger charge is -2.00. The van der Waals surface area contributed by atoms with Gasteiger partial charge in [0.15, 0.2) is 0 Å². The minimum absolute atomic E-state index is 0.0290. The molecule has 0 atom stereocenters. The number of rotatable bonds is 3. The normalized spacial score (nSPS) is 10.3. The van der Waals surface area contributed by atoms with Crippen LogP contribution in [0.1, 0.15) is 23.1 Å². The first-order chi connectivity index (χ1) is 8.61. The predicted molar refractivity (Wildman–Crippen MR) is 66.9 cm³/mol. The fourth-order valence-electron chi connectivity index (χ4n) is 1.48. The van der Waals surface area contributed by atoms with Gasteiger partial charge in [-0.1, -0.05) is 5.16 Å². The van der Waals surface area contributed by atoms with Crippen molar-refractivity contribution >= 4 is 11.6 Å². The molecule has 0 saturated heterocycles. The molecule has 18 heavy (non-hydrogen) atoms. The lowest BCUT2D eigenvalue weighted by molar-refractivity contribution is 0.0942. The Morgan fingerprint density at radius 2 is 2.28 bits per heavy atom. The van der Waals surface area contributed by atoms with Crippen molar-refractivity contribution in [3.63, 3.8) is 0 Å². The maximum absolute atomic E-state index is 11.5. The molecule has 1 aromatic heterocycles. The number of nitrogens with two attached hydrogens (primary N) is 1. The first-order valence-corrected chi connectivity index (χ1v) is 5.60. The van der Waals surface area contributed by atoms with Crippen molar-refractivity contribution in [1.29, 1.82) is 0 Å². The van der Waals surface area contributed by atoms with Gasteiger partial charge in [0, 0.05) is 17.8 Å². The standard InChI is InChI=1S/C12H14N4O2/c1-3-14-11(17)10-15-12(18-16-10)8-4-5-9(13)7(2)6-8/h4-6H,3,13H2,1-2H3,(H,14,17). The molecule has 6 nitrogen and oxygen atoms in total. The van der Waals surface area contributed by atoms with Crippen molar-refractivity contribution in [2.75, 3.05) is 12.3 Å². The third-order valence-electron chi connectivity index (χ3n) is 2.48. The van der Waals surface area contributed by atoms with E-state index in [1.807, 2.05) is 19.9 Å². The molecule has 0 unspecified atom stereocenters. The van der Waals surface area contributed by atoms with Gasteiger partial charge in [-0.25, -0.2) is 0 Å². The van der Waals surface area contributed by atoms with Gasteiger partial charge in [0.1, 0.15) is 0 Å². The van der Waals surface area contributed by atoms with Crippen molar-refractivity contribution < 1.29 is 9.32 Å². The highest BCUT2D eigenvalue weighted by Gasteiger charge is 2.15. The first kappa shape index (κ1) is 12.1. The zero-order valence-electron chi connectivity index (χ0n) is 10.2. The molecule has 0 radical (unpaired) electrons. The topological polar surface area (TPSA) is 94.0 Å². The SMILES string of the molecule is CCNC(=O)c1noc(-c2ccc(N)c(C)c2)n1. The van der Waals surface area contributed by atoms with Gasteiger partial charge in [0.25, 0.3) is 17.6 Å². The number of nitrogens with zero attached hydrogens (tertiary/aromatic N) is 2. The molecular weight excluding hydrogens is 232 g/mol. The average molecular weight is 246 g/mol. The van der Waals surface area contributed by atoms with Gasteiger partial charge < -0.3 is 15.6 Å². The van der Waals surface area contributed by atoms with Crippen LogP contribution in [0.3, 0.4) is 0 Å². The molecule has 2 rings (SSSR count). The Morgan fingerprint density at radius 1 is 1.50 bits per heavy atom. The van der Waals surface area contributed by atoms with Gasteiger partial charge in [0.2, 0.25) is 0 Å². The molecule has 0 bridgehead atoms. The quantitative estimate of drug-likeness (QED) is 0.798. The lowest BCUT2D eigenvalue weighted by Crippen LogP contribution is -2.23. The van der Waals surface area contributed by atoms with Gasteiger partial charge in [-0.05, 0) is 37.6 Å². The summed E-state index contributed by atoms with van der Waals surface area (Å²) in [6.07, 6.45) is 0. The average Bonchev–Trinajstić information content (AvgIpc) is 2.82. The number of anilines is 1. The number of nitrogen functional groups attached to an aromatic ring is 1. The zero-order valence-corrected chi connectivity index (χ0v) is 10.2. The molecule has 0 fully saturated rings. The molecule has 0 spiro atoms. The molecule has 1 heterocycles. The smallest absolute Gasteiger partial charge is 0.292 e. The van der Waals surface area contributed by atoms with Crippen LogP contribution in [-0.2, 0) is 0 Å². The maximum atomic E-state index is 11.5. The third kappa shape index (κ3) is 2.32. The van der Waals surface area contributed by atoms with Crippen LogP contribution in [0.4, 0.5) is 5.69 Å². The van der Waals surface area contributed by atoms with Gasteiger partial charge in [-0.2, -0.15) is 4.98 Å². The van der Waals surface area contributed by atoms with E-state index in [1.165, 1.54) is 0 Å². The van der Waals surface area contributed by atoms with E-state index in [9.17, 15) is 4.79 Å². The molecule has 2 aromatic rings. The van der Waals surface area contributed by atoms with E-state index in [2.05, 4.69) is 15.5 Å². The van der Waals surface area contributed by atoms with Crippen molar-refractivity contribution in [3.8, 4) is 11.5 Å². The van der Waals surface area contributed by atoms with Gasteiger partial charge in [-0.3, -0.25) is 4.79 Å². The van der Waals surface area contributed by atoms with Crippen LogP contribution in [0.5, 0.6) is 0 Å². The second-order valence-corrected chi connectivity index (χ2v) is 3.85. The fraction of sp³-hybridized carbons (Fsp3) is 0.250. The Labute approximate surface area is 104 Å². The molecule has 3 N–H and O–H groups in total. The summed E-state index contributed by atoms with van der Waals surface area (Å²) < 4.78 is 5.05. The van der Waals surface area contributed by atoms with E-state index >= 15 is 0 Å². The number of aromatic nitrogens is 2. The molecule has 1 amide bonds. The summed E-state index contributed by atoms with van der Waals surface area (Å²) in [6.45, 7) is 4.23. The highest BCUT2D eigenvalue weighted by atomic mass is 16.5. The number of aryl methyl sites for hydroxylation is 1. The number of hydrogen-bond acceptors (Lipinski definition) is 5. The fourth-order valence-corrected chi connectivity index (χ4v) is 1.48. The van der Waals surface area contributed by atoms with E-state index < -0.39 is 0 Å². The summed E-state index contributed by atoms with van der Waals surface area (Å²) in [5.74, 6) is -0.0136. The largest absolute Gasteiger partial charge is 0.399 e. The summed E-state index contributed by atoms with van der Waals surface area (Å²) in [4.78, 5) is 15.5. The van der Waals surface area contributed by atoms with Crippen LogP contribution in [0.25, 0.3) is 11.5 Å². The van der Waals surface area contributed by atoms with Gasteiger partial charge >= 0.3 is 0 Å². The first-order valence-electron chi connectivity index (χ1n) is 5.60.